The van der Waals surface area contributed by atoms with E-state index in [2.05, 4.69) is 0 Å². The predicted molar refractivity (Wildman–Crippen MR) is 112 cm³/mol. The third-order valence-corrected chi connectivity index (χ3v) is 5.50. The molecule has 0 unspecified atom stereocenters. The molecule has 0 aromatic heterocycles. The second-order valence-corrected chi connectivity index (χ2v) is 7.60. The number of aryl methyl sites for hydroxylation is 1. The Hall–Kier alpha value is -3.68. The molecular formula is C23H22N2O6. The molecule has 2 aliphatic rings. The summed E-state index contributed by atoms with van der Waals surface area (Å²) >= 11 is 0. The quantitative estimate of drug-likeness (QED) is 0.418. The van der Waals surface area contributed by atoms with Crippen molar-refractivity contribution < 1.29 is 28.7 Å². The standard InChI is InChI=1S/C23H22N2O6/c1-14-10-18(6-7-19(14)25-20(26)8-9-21(25)27)31-23(29)15-11-22(28)24(13-15)16-4-3-5-17(12-16)30-2/h3-7,10,12,15H,8-9,11,13H2,1-2H3/t15-/m0/s1. The Balaban J connectivity index is 1.45. The van der Waals surface area contributed by atoms with E-state index in [4.69, 9.17) is 9.47 Å². The molecule has 8 heteroatoms. The van der Waals surface area contributed by atoms with Crippen LogP contribution in [0.5, 0.6) is 11.5 Å². The maximum atomic E-state index is 12.7. The monoisotopic (exact) mass is 422 g/mol. The van der Waals surface area contributed by atoms with Gasteiger partial charge in [-0.2, -0.15) is 0 Å². The molecule has 1 atom stereocenters. The zero-order chi connectivity index (χ0) is 22.1. The van der Waals surface area contributed by atoms with E-state index in [-0.39, 0.29) is 43.5 Å². The highest BCUT2D eigenvalue weighted by atomic mass is 16.5. The summed E-state index contributed by atoms with van der Waals surface area (Å²) in [5, 5.41) is 0. The smallest absolute Gasteiger partial charge is 0.316 e. The number of hydrogen-bond donors (Lipinski definition) is 0. The third kappa shape index (κ3) is 4.01. The number of methoxy groups -OCH3 is 1. The van der Waals surface area contributed by atoms with Crippen molar-refractivity contribution in [2.75, 3.05) is 23.5 Å². The average Bonchev–Trinajstić information content (AvgIpc) is 3.30. The largest absolute Gasteiger partial charge is 0.497 e. The maximum Gasteiger partial charge on any atom is 0.316 e. The van der Waals surface area contributed by atoms with E-state index >= 15 is 0 Å². The van der Waals surface area contributed by atoms with Crippen molar-refractivity contribution in [3.8, 4) is 11.5 Å². The molecule has 8 nitrogen and oxygen atoms in total. The van der Waals surface area contributed by atoms with Crippen molar-refractivity contribution in [1.82, 2.24) is 0 Å². The number of nitrogens with zero attached hydrogens (tertiary/aromatic N) is 2. The first-order chi connectivity index (χ1) is 14.9. The molecule has 31 heavy (non-hydrogen) atoms. The first-order valence-corrected chi connectivity index (χ1v) is 10.00. The molecule has 2 aromatic rings. The lowest BCUT2D eigenvalue weighted by molar-refractivity contribution is -0.139. The molecule has 3 amide bonds. The van der Waals surface area contributed by atoms with Gasteiger partial charge in [0, 0.05) is 37.6 Å². The number of hydrogen-bond acceptors (Lipinski definition) is 6. The first kappa shape index (κ1) is 20.6. The van der Waals surface area contributed by atoms with Crippen molar-refractivity contribution in [2.24, 2.45) is 5.92 Å². The van der Waals surface area contributed by atoms with E-state index in [0.29, 0.717) is 28.4 Å². The van der Waals surface area contributed by atoms with Gasteiger partial charge in [-0.3, -0.25) is 24.1 Å². The van der Waals surface area contributed by atoms with Gasteiger partial charge < -0.3 is 14.4 Å². The lowest BCUT2D eigenvalue weighted by Gasteiger charge is -2.18. The molecule has 160 valence electrons. The van der Waals surface area contributed by atoms with Gasteiger partial charge in [0.05, 0.1) is 18.7 Å². The van der Waals surface area contributed by atoms with Crippen LogP contribution in [0.15, 0.2) is 42.5 Å². The summed E-state index contributed by atoms with van der Waals surface area (Å²) in [4.78, 5) is 51.8. The van der Waals surface area contributed by atoms with Crippen LogP contribution in [0.3, 0.4) is 0 Å². The summed E-state index contributed by atoms with van der Waals surface area (Å²) in [7, 11) is 1.55. The highest BCUT2D eigenvalue weighted by molar-refractivity contribution is 6.20. The van der Waals surface area contributed by atoms with E-state index in [1.54, 1.807) is 61.4 Å². The molecule has 0 spiro atoms. The molecule has 2 aromatic carbocycles. The number of ether oxygens (including phenoxy) is 2. The number of amides is 3. The van der Waals surface area contributed by atoms with Gasteiger partial charge in [-0.15, -0.1) is 0 Å². The van der Waals surface area contributed by atoms with Crippen LogP contribution in [0.25, 0.3) is 0 Å². The SMILES string of the molecule is COc1cccc(N2C[C@@H](C(=O)Oc3ccc(N4C(=O)CCC4=O)c(C)c3)CC2=O)c1. The molecule has 0 N–H and O–H groups in total. The summed E-state index contributed by atoms with van der Waals surface area (Å²) in [6, 6.07) is 11.9. The Bertz CT molecular complexity index is 1060. The van der Waals surface area contributed by atoms with Crippen molar-refractivity contribution in [3.63, 3.8) is 0 Å². The summed E-state index contributed by atoms with van der Waals surface area (Å²) in [5.41, 5.74) is 1.81. The highest BCUT2D eigenvalue weighted by Crippen LogP contribution is 2.31. The number of rotatable bonds is 5. The molecule has 2 saturated heterocycles. The van der Waals surface area contributed by atoms with Crippen LogP contribution in [-0.2, 0) is 19.2 Å². The van der Waals surface area contributed by atoms with E-state index in [1.807, 2.05) is 0 Å². The Morgan fingerprint density at radius 2 is 1.71 bits per heavy atom. The fourth-order valence-corrected chi connectivity index (χ4v) is 3.88. The van der Waals surface area contributed by atoms with Crippen molar-refractivity contribution >= 4 is 35.1 Å². The lowest BCUT2D eigenvalue weighted by Crippen LogP contribution is -2.29. The van der Waals surface area contributed by atoms with Gasteiger partial charge in [0.25, 0.3) is 0 Å². The van der Waals surface area contributed by atoms with Crippen molar-refractivity contribution in [3.05, 3.63) is 48.0 Å². The summed E-state index contributed by atoms with van der Waals surface area (Å²) in [6.07, 6.45) is 0.465. The number of carbonyl (C=O) groups is 4. The molecule has 0 aliphatic carbocycles. The molecule has 0 bridgehead atoms. The van der Waals surface area contributed by atoms with E-state index in [1.165, 1.54) is 4.90 Å². The Labute approximate surface area is 179 Å². The second-order valence-electron chi connectivity index (χ2n) is 7.60. The molecule has 2 fully saturated rings. The van der Waals surface area contributed by atoms with E-state index in [0.717, 1.165) is 0 Å². The fourth-order valence-electron chi connectivity index (χ4n) is 3.88. The van der Waals surface area contributed by atoms with Crippen LogP contribution in [0.1, 0.15) is 24.8 Å². The topological polar surface area (TPSA) is 93.2 Å². The molecule has 2 heterocycles. The highest BCUT2D eigenvalue weighted by Gasteiger charge is 2.37. The molecular weight excluding hydrogens is 400 g/mol. The molecule has 0 radical (unpaired) electrons. The lowest BCUT2D eigenvalue weighted by atomic mass is 10.1. The number of carbonyl (C=O) groups excluding carboxylic acids is 4. The fraction of sp³-hybridized carbons (Fsp3) is 0.304. The molecule has 0 saturated carbocycles. The van der Waals surface area contributed by atoms with Gasteiger partial charge in [-0.05, 0) is 42.8 Å². The average molecular weight is 422 g/mol. The van der Waals surface area contributed by atoms with Crippen LogP contribution >= 0.6 is 0 Å². The first-order valence-electron chi connectivity index (χ1n) is 10.00. The van der Waals surface area contributed by atoms with Crippen LogP contribution in [-0.4, -0.2) is 37.3 Å². The number of imide groups is 1. The number of benzene rings is 2. The summed E-state index contributed by atoms with van der Waals surface area (Å²) in [5.74, 6) is -0.799. The zero-order valence-electron chi connectivity index (χ0n) is 17.3. The third-order valence-electron chi connectivity index (χ3n) is 5.50. The second kappa shape index (κ2) is 8.22. The zero-order valence-corrected chi connectivity index (χ0v) is 17.3. The van der Waals surface area contributed by atoms with Gasteiger partial charge in [-0.25, -0.2) is 0 Å². The Kier molecular flexibility index (Phi) is 5.46. The Morgan fingerprint density at radius 1 is 0.968 bits per heavy atom. The van der Waals surface area contributed by atoms with Crippen LogP contribution in [0.4, 0.5) is 11.4 Å². The van der Waals surface area contributed by atoms with Crippen LogP contribution < -0.4 is 19.3 Å². The van der Waals surface area contributed by atoms with Crippen molar-refractivity contribution in [1.29, 1.82) is 0 Å². The van der Waals surface area contributed by atoms with Gasteiger partial charge in [0.15, 0.2) is 0 Å². The van der Waals surface area contributed by atoms with E-state index in [9.17, 15) is 19.2 Å². The predicted octanol–water partition coefficient (Wildman–Crippen LogP) is 2.62. The normalized spacial score (nSPS) is 18.6. The van der Waals surface area contributed by atoms with Gasteiger partial charge in [-0.1, -0.05) is 6.07 Å². The minimum atomic E-state index is -0.597. The number of anilines is 2. The Morgan fingerprint density at radius 3 is 2.39 bits per heavy atom. The number of esters is 1. The van der Waals surface area contributed by atoms with Crippen LogP contribution in [0, 0.1) is 12.8 Å². The van der Waals surface area contributed by atoms with Crippen molar-refractivity contribution in [2.45, 2.75) is 26.2 Å². The minimum absolute atomic E-state index is 0.0594. The van der Waals surface area contributed by atoms with Gasteiger partial charge in [0.2, 0.25) is 17.7 Å². The molecule has 4 rings (SSSR count). The van der Waals surface area contributed by atoms with Gasteiger partial charge in [0.1, 0.15) is 11.5 Å². The summed E-state index contributed by atoms with van der Waals surface area (Å²) < 4.78 is 10.7. The molecule has 2 aliphatic heterocycles. The van der Waals surface area contributed by atoms with E-state index < -0.39 is 11.9 Å². The maximum absolute atomic E-state index is 12.7. The van der Waals surface area contributed by atoms with Crippen LogP contribution in [0.2, 0.25) is 0 Å². The minimum Gasteiger partial charge on any atom is -0.497 e. The van der Waals surface area contributed by atoms with Gasteiger partial charge >= 0.3 is 5.97 Å². The summed E-state index contributed by atoms with van der Waals surface area (Å²) in [6.45, 7) is 1.97.